The van der Waals surface area contributed by atoms with Gasteiger partial charge in [0.2, 0.25) is 0 Å². The smallest absolute Gasteiger partial charge is 0.285 e. The van der Waals surface area contributed by atoms with Gasteiger partial charge in [-0.15, -0.1) is 0 Å². The predicted molar refractivity (Wildman–Crippen MR) is 120 cm³/mol. The van der Waals surface area contributed by atoms with E-state index < -0.39 is 30.0 Å². The van der Waals surface area contributed by atoms with E-state index in [0.29, 0.717) is 42.8 Å². The Labute approximate surface area is 197 Å². The van der Waals surface area contributed by atoms with Crippen molar-refractivity contribution >= 4 is 5.91 Å². The van der Waals surface area contributed by atoms with Crippen molar-refractivity contribution in [2.45, 2.75) is 63.6 Å². The van der Waals surface area contributed by atoms with Crippen molar-refractivity contribution in [2.24, 2.45) is 0 Å². The predicted octanol–water partition coefficient (Wildman–Crippen LogP) is 4.54. The molecule has 9 heteroatoms. The Bertz CT molecular complexity index is 1030. The van der Waals surface area contributed by atoms with Crippen LogP contribution in [0, 0.1) is 0 Å². The minimum Gasteiger partial charge on any atom is -0.386 e. The van der Waals surface area contributed by atoms with Gasteiger partial charge in [0, 0.05) is 44.4 Å². The molecule has 0 saturated carbocycles. The van der Waals surface area contributed by atoms with Crippen molar-refractivity contribution in [3.63, 3.8) is 0 Å². The molecule has 1 amide bonds. The Hall–Kier alpha value is -2.39. The molecule has 2 aliphatic heterocycles. The number of rotatable bonds is 5. The summed E-state index contributed by atoms with van der Waals surface area (Å²) in [5, 5.41) is 10.1. The Morgan fingerprint density at radius 3 is 2.15 bits per heavy atom. The van der Waals surface area contributed by atoms with Crippen LogP contribution in [0.3, 0.4) is 0 Å². The topological polar surface area (TPSA) is 48.7 Å². The maximum Gasteiger partial charge on any atom is 0.285 e. The first-order valence-electron chi connectivity index (χ1n) is 11.6. The lowest BCUT2D eigenvalue weighted by Crippen LogP contribution is -2.59. The highest BCUT2D eigenvalue weighted by Gasteiger charge is 2.48. The van der Waals surface area contributed by atoms with Gasteiger partial charge in [-0.05, 0) is 56.5 Å². The van der Waals surface area contributed by atoms with E-state index in [4.69, 9.17) is 0 Å². The zero-order valence-electron chi connectivity index (χ0n) is 19.7. The quantitative estimate of drug-likeness (QED) is 0.638. The summed E-state index contributed by atoms with van der Waals surface area (Å²) < 4.78 is 56.8. The summed E-state index contributed by atoms with van der Waals surface area (Å²) >= 11 is 0. The van der Waals surface area contributed by atoms with E-state index in [2.05, 4.69) is 0 Å². The van der Waals surface area contributed by atoms with Crippen LogP contribution in [0.15, 0.2) is 36.4 Å². The fourth-order valence-electron chi connectivity index (χ4n) is 5.38. The van der Waals surface area contributed by atoms with Gasteiger partial charge in [-0.25, -0.2) is 17.6 Å². The van der Waals surface area contributed by atoms with E-state index in [0.717, 1.165) is 6.92 Å². The molecule has 2 aromatic rings. The van der Waals surface area contributed by atoms with Crippen molar-refractivity contribution < 1.29 is 27.5 Å². The van der Waals surface area contributed by atoms with Crippen molar-refractivity contribution in [2.75, 3.05) is 26.2 Å². The van der Waals surface area contributed by atoms with Gasteiger partial charge in [-0.2, -0.15) is 0 Å². The van der Waals surface area contributed by atoms with E-state index >= 15 is 0 Å². The number of fused-ring (bicyclic) bond motifs is 2. The number of hydrogen-bond acceptors (Lipinski definition) is 3. The highest BCUT2D eigenvalue weighted by atomic mass is 19.3. The molecule has 0 radical (unpaired) electrons. The summed E-state index contributed by atoms with van der Waals surface area (Å²) in [5.74, 6) is -3.21. The van der Waals surface area contributed by atoms with Crippen molar-refractivity contribution in [1.82, 2.24) is 14.4 Å². The SMILES string of the molecule is CC(C)(O)c1ccc(C(=O)N2CCC3(CC2)c2ccc(C(C)(F)F)n2CCN3CC(F)F)cc1. The van der Waals surface area contributed by atoms with Crippen LogP contribution in [0.1, 0.15) is 60.9 Å². The van der Waals surface area contributed by atoms with Gasteiger partial charge in [-0.1, -0.05) is 12.1 Å². The fraction of sp³-hybridized carbons (Fsp3) is 0.560. The van der Waals surface area contributed by atoms with Gasteiger partial charge < -0.3 is 14.6 Å². The third kappa shape index (κ3) is 4.47. The van der Waals surface area contributed by atoms with Gasteiger partial charge in [-0.3, -0.25) is 9.69 Å². The first-order chi connectivity index (χ1) is 15.8. The van der Waals surface area contributed by atoms with Gasteiger partial charge >= 0.3 is 0 Å². The zero-order chi connectivity index (χ0) is 24.9. The van der Waals surface area contributed by atoms with Crippen molar-refractivity contribution in [3.8, 4) is 0 Å². The molecule has 1 fully saturated rings. The lowest BCUT2D eigenvalue weighted by molar-refractivity contribution is -0.0412. The second kappa shape index (κ2) is 8.68. The lowest BCUT2D eigenvalue weighted by atomic mass is 9.81. The molecule has 2 aliphatic rings. The van der Waals surface area contributed by atoms with E-state index in [1.165, 1.54) is 6.07 Å². The molecule has 34 heavy (non-hydrogen) atoms. The minimum absolute atomic E-state index is 0.107. The van der Waals surface area contributed by atoms with Gasteiger partial charge in [0.15, 0.2) is 0 Å². The van der Waals surface area contributed by atoms with E-state index in [1.807, 2.05) is 0 Å². The average Bonchev–Trinajstić information content (AvgIpc) is 3.21. The molecule has 5 nitrogen and oxygen atoms in total. The average molecular weight is 482 g/mol. The number of benzene rings is 1. The number of halogens is 4. The van der Waals surface area contributed by atoms with Crippen LogP contribution >= 0.6 is 0 Å². The number of aromatic nitrogens is 1. The number of nitrogens with zero attached hydrogens (tertiary/aromatic N) is 3. The highest BCUT2D eigenvalue weighted by Crippen LogP contribution is 2.44. The maximum absolute atomic E-state index is 14.2. The molecule has 1 N–H and O–H groups in total. The third-order valence-corrected chi connectivity index (χ3v) is 7.18. The van der Waals surface area contributed by atoms with Crippen LogP contribution in [-0.4, -0.2) is 58.0 Å². The van der Waals surface area contributed by atoms with Gasteiger partial charge in [0.05, 0.1) is 23.4 Å². The monoisotopic (exact) mass is 481 g/mol. The number of alkyl halides is 4. The molecule has 1 aromatic heterocycles. The van der Waals surface area contributed by atoms with Crippen LogP contribution in [-0.2, 0) is 23.6 Å². The number of carbonyl (C=O) groups excluding carboxylic acids is 1. The number of hydrogen-bond donors (Lipinski definition) is 1. The summed E-state index contributed by atoms with van der Waals surface area (Å²) in [5.41, 5.74) is -0.151. The molecule has 1 saturated heterocycles. The number of amides is 1. The summed E-state index contributed by atoms with van der Waals surface area (Å²) in [7, 11) is 0. The van der Waals surface area contributed by atoms with Gasteiger partial charge in [0.1, 0.15) is 0 Å². The molecule has 1 aromatic carbocycles. The van der Waals surface area contributed by atoms with E-state index in [-0.39, 0.29) is 24.7 Å². The molecule has 0 atom stereocenters. The van der Waals surface area contributed by atoms with Crippen LogP contribution in [0.5, 0.6) is 0 Å². The molecular weight excluding hydrogens is 450 g/mol. The molecule has 1 spiro atoms. The first kappa shape index (κ1) is 24.7. The molecule has 0 unspecified atom stereocenters. The normalized spacial score (nSPS) is 19.0. The second-order valence-corrected chi connectivity index (χ2v) is 9.94. The Morgan fingerprint density at radius 2 is 1.62 bits per heavy atom. The highest BCUT2D eigenvalue weighted by molar-refractivity contribution is 5.94. The summed E-state index contributed by atoms with van der Waals surface area (Å²) in [4.78, 5) is 16.5. The number of piperidine rings is 1. The van der Waals surface area contributed by atoms with Crippen molar-refractivity contribution in [1.29, 1.82) is 0 Å². The second-order valence-electron chi connectivity index (χ2n) is 9.94. The van der Waals surface area contributed by atoms with Crippen LogP contribution in [0.25, 0.3) is 0 Å². The van der Waals surface area contributed by atoms with Crippen LogP contribution in [0.4, 0.5) is 17.6 Å². The standard InChI is InChI=1S/C25H31F4N3O2/c1-23(2,34)18-6-4-17(5-7-18)22(33)30-12-10-25(11-13-30)20-9-8-19(24(3,28)29)32(20)15-14-31(25)16-21(26)27/h4-9,21,34H,10-16H2,1-3H3. The van der Waals surface area contributed by atoms with E-state index in [9.17, 15) is 27.5 Å². The van der Waals surface area contributed by atoms with E-state index in [1.54, 1.807) is 58.5 Å². The Balaban J connectivity index is 1.58. The van der Waals surface area contributed by atoms with Crippen LogP contribution < -0.4 is 0 Å². The molecule has 0 aliphatic carbocycles. The number of likely N-dealkylation sites (tertiary alicyclic amines) is 1. The summed E-state index contributed by atoms with van der Waals surface area (Å²) in [6, 6.07) is 9.80. The molecule has 3 heterocycles. The first-order valence-corrected chi connectivity index (χ1v) is 11.6. The zero-order valence-corrected chi connectivity index (χ0v) is 19.7. The number of carbonyl (C=O) groups is 1. The van der Waals surface area contributed by atoms with Crippen LogP contribution in [0.2, 0.25) is 0 Å². The largest absolute Gasteiger partial charge is 0.386 e. The lowest BCUT2D eigenvalue weighted by Gasteiger charge is -2.52. The summed E-state index contributed by atoms with van der Waals surface area (Å²) in [6.07, 6.45) is -1.78. The number of aliphatic hydroxyl groups is 1. The fourth-order valence-corrected chi connectivity index (χ4v) is 5.38. The molecule has 4 rings (SSSR count). The van der Waals surface area contributed by atoms with Crippen molar-refractivity contribution in [3.05, 3.63) is 58.9 Å². The molecular formula is C25H31F4N3O2. The molecule has 186 valence electrons. The minimum atomic E-state index is -3.03. The Kier molecular flexibility index (Phi) is 6.31. The third-order valence-electron chi connectivity index (χ3n) is 7.18. The molecule has 0 bridgehead atoms. The van der Waals surface area contributed by atoms with Gasteiger partial charge in [0.25, 0.3) is 18.3 Å². The maximum atomic E-state index is 14.2. The summed E-state index contributed by atoms with van der Waals surface area (Å²) in [6.45, 7) is 4.88. The Morgan fingerprint density at radius 1 is 1.00 bits per heavy atom.